The summed E-state index contributed by atoms with van der Waals surface area (Å²) in [4.78, 5) is 43.4. The van der Waals surface area contributed by atoms with Crippen LogP contribution in [0.2, 0.25) is 0 Å². The number of hydrogen-bond donors (Lipinski definition) is 0. The molecule has 0 aromatic carbocycles. The molecule has 0 N–H and O–H groups in total. The van der Waals surface area contributed by atoms with Gasteiger partial charge in [-0.05, 0) is 55.2 Å². The lowest BCUT2D eigenvalue weighted by Crippen LogP contribution is -2.33. The average Bonchev–Trinajstić information content (AvgIpc) is 3.05. The Balaban J connectivity index is 0.000000188. The molecule has 1 atom stereocenters. The van der Waals surface area contributed by atoms with E-state index in [1.54, 1.807) is 29.2 Å². The molecule has 0 saturated heterocycles. The van der Waals surface area contributed by atoms with Crippen LogP contribution in [0.15, 0.2) is 64.6 Å². The molecule has 0 aliphatic carbocycles. The first-order valence-corrected chi connectivity index (χ1v) is 16.0. The Morgan fingerprint density at radius 2 is 1.31 bits per heavy atom. The van der Waals surface area contributed by atoms with Crippen molar-refractivity contribution in [3.8, 4) is 34.7 Å². The molecule has 48 heavy (non-hydrogen) atoms. The third kappa shape index (κ3) is 6.79. The standard InChI is InChI=1S/C19H22N4O.C19H18N4O/c2*1-12-5-8-16-22-17(14(9-20)18(24)23(16)11-12)13-6-7-15(21-10-13)19(2,3)4/h6-7,10,12H,5,8,11H2,1-4H3;5-8,10-11H,1-4H3. The van der Waals surface area contributed by atoms with Crippen LogP contribution in [0, 0.1) is 35.5 Å². The molecule has 1 unspecified atom stereocenters. The summed E-state index contributed by atoms with van der Waals surface area (Å²) in [7, 11) is 0. The molecule has 6 rings (SSSR count). The van der Waals surface area contributed by atoms with Crippen LogP contribution in [0.25, 0.3) is 28.2 Å². The predicted octanol–water partition coefficient (Wildman–Crippen LogP) is 6.29. The molecule has 0 fully saturated rings. The summed E-state index contributed by atoms with van der Waals surface area (Å²) in [5, 5.41) is 18.9. The van der Waals surface area contributed by atoms with Crippen LogP contribution < -0.4 is 11.1 Å². The molecule has 244 valence electrons. The van der Waals surface area contributed by atoms with Crippen molar-refractivity contribution in [2.45, 2.75) is 85.6 Å². The summed E-state index contributed by atoms with van der Waals surface area (Å²) in [5.74, 6) is 1.20. The first-order chi connectivity index (χ1) is 22.6. The molecule has 10 heteroatoms. The van der Waals surface area contributed by atoms with Crippen LogP contribution in [0.1, 0.15) is 88.8 Å². The van der Waals surface area contributed by atoms with Gasteiger partial charge in [0.15, 0.2) is 0 Å². The van der Waals surface area contributed by atoms with Gasteiger partial charge >= 0.3 is 0 Å². The van der Waals surface area contributed by atoms with E-state index in [1.807, 2.05) is 49.4 Å². The summed E-state index contributed by atoms with van der Waals surface area (Å²) in [5.41, 5.74) is 5.01. The molecule has 0 bridgehead atoms. The van der Waals surface area contributed by atoms with E-state index in [4.69, 9.17) is 0 Å². The number of aryl methyl sites for hydroxylation is 2. The van der Waals surface area contributed by atoms with Gasteiger partial charge in [-0.25, -0.2) is 9.97 Å². The van der Waals surface area contributed by atoms with Gasteiger partial charge in [0, 0.05) is 64.9 Å². The Hall–Kier alpha value is -5.48. The van der Waals surface area contributed by atoms with Crippen molar-refractivity contribution in [1.29, 1.82) is 10.5 Å². The quantitative estimate of drug-likeness (QED) is 0.219. The normalized spacial score (nSPS) is 14.3. The maximum atomic E-state index is 12.7. The molecule has 10 nitrogen and oxygen atoms in total. The van der Waals surface area contributed by atoms with Crippen molar-refractivity contribution in [1.82, 2.24) is 28.9 Å². The summed E-state index contributed by atoms with van der Waals surface area (Å²) in [6.07, 6.45) is 6.86. The van der Waals surface area contributed by atoms with Crippen molar-refractivity contribution in [3.05, 3.63) is 110 Å². The minimum Gasteiger partial charge on any atom is -0.295 e. The molecule has 1 aliphatic rings. The third-order valence-corrected chi connectivity index (χ3v) is 8.41. The van der Waals surface area contributed by atoms with Crippen LogP contribution in [0.3, 0.4) is 0 Å². The molecule has 1 aliphatic heterocycles. The van der Waals surface area contributed by atoms with Gasteiger partial charge in [-0.15, -0.1) is 0 Å². The summed E-state index contributed by atoms with van der Waals surface area (Å²) >= 11 is 0. The van der Waals surface area contributed by atoms with E-state index in [0.29, 0.717) is 35.1 Å². The molecule has 5 aromatic heterocycles. The number of nitrogens with zero attached hydrogens (tertiary/aromatic N) is 8. The number of rotatable bonds is 2. The summed E-state index contributed by atoms with van der Waals surface area (Å²) < 4.78 is 3.07. The molecule has 0 spiro atoms. The average molecular weight is 641 g/mol. The number of fused-ring (bicyclic) bond motifs is 2. The Bertz CT molecular complexity index is 2200. The lowest BCUT2D eigenvalue weighted by atomic mass is 9.91. The van der Waals surface area contributed by atoms with E-state index in [0.717, 1.165) is 41.2 Å². The van der Waals surface area contributed by atoms with Gasteiger partial charge in [0.25, 0.3) is 11.1 Å². The maximum Gasteiger partial charge on any atom is 0.276 e. The van der Waals surface area contributed by atoms with Crippen LogP contribution in [-0.4, -0.2) is 28.9 Å². The van der Waals surface area contributed by atoms with E-state index in [2.05, 4.69) is 68.4 Å². The smallest absolute Gasteiger partial charge is 0.276 e. The fraction of sp³-hybridized carbons (Fsp3) is 0.368. The largest absolute Gasteiger partial charge is 0.295 e. The molecular formula is C38H40N8O2. The van der Waals surface area contributed by atoms with Crippen LogP contribution in [-0.2, 0) is 23.8 Å². The van der Waals surface area contributed by atoms with Crippen LogP contribution >= 0.6 is 0 Å². The van der Waals surface area contributed by atoms with Gasteiger partial charge in [0.2, 0.25) is 0 Å². The van der Waals surface area contributed by atoms with Gasteiger partial charge in [-0.2, -0.15) is 10.5 Å². The van der Waals surface area contributed by atoms with Crippen LogP contribution in [0.5, 0.6) is 0 Å². The zero-order chi connectivity index (χ0) is 35.0. The molecule has 5 aromatic rings. The second-order valence-electron chi connectivity index (χ2n) is 14.5. The summed E-state index contributed by atoms with van der Waals surface area (Å²) in [6, 6.07) is 15.3. The van der Waals surface area contributed by atoms with Crippen molar-refractivity contribution in [3.63, 3.8) is 0 Å². The highest BCUT2D eigenvalue weighted by molar-refractivity contribution is 5.68. The number of hydrogen-bond acceptors (Lipinski definition) is 8. The van der Waals surface area contributed by atoms with E-state index in [-0.39, 0.29) is 33.1 Å². The van der Waals surface area contributed by atoms with Gasteiger partial charge in [-0.3, -0.25) is 28.5 Å². The van der Waals surface area contributed by atoms with Gasteiger partial charge in [0.1, 0.15) is 34.7 Å². The molecule has 6 heterocycles. The second kappa shape index (κ2) is 13.0. The van der Waals surface area contributed by atoms with Gasteiger partial charge in [0.05, 0.1) is 11.4 Å². The molecular weight excluding hydrogens is 600 g/mol. The first kappa shape index (κ1) is 33.9. The van der Waals surface area contributed by atoms with Crippen LogP contribution in [0.4, 0.5) is 0 Å². The molecule has 0 amide bonds. The Morgan fingerprint density at radius 1 is 0.771 bits per heavy atom. The monoisotopic (exact) mass is 640 g/mol. The first-order valence-electron chi connectivity index (χ1n) is 16.0. The van der Waals surface area contributed by atoms with Gasteiger partial charge < -0.3 is 0 Å². The highest BCUT2D eigenvalue weighted by atomic mass is 16.1. The second-order valence-corrected chi connectivity index (χ2v) is 14.5. The zero-order valence-corrected chi connectivity index (χ0v) is 28.8. The Labute approximate surface area is 280 Å². The lowest BCUT2D eigenvalue weighted by Gasteiger charge is -2.23. The van der Waals surface area contributed by atoms with Crippen molar-refractivity contribution < 1.29 is 0 Å². The Kier molecular flexibility index (Phi) is 9.15. The van der Waals surface area contributed by atoms with Crippen molar-refractivity contribution in [2.75, 3.05) is 0 Å². The highest BCUT2D eigenvalue weighted by Gasteiger charge is 2.24. The predicted molar refractivity (Wildman–Crippen MR) is 185 cm³/mol. The van der Waals surface area contributed by atoms with E-state index in [9.17, 15) is 20.1 Å². The zero-order valence-electron chi connectivity index (χ0n) is 28.8. The Morgan fingerprint density at radius 3 is 1.81 bits per heavy atom. The number of aromatic nitrogens is 6. The number of nitriles is 2. The molecule has 0 saturated carbocycles. The lowest BCUT2D eigenvalue weighted by molar-refractivity contribution is 0.379. The number of pyridine rings is 3. The maximum absolute atomic E-state index is 12.7. The van der Waals surface area contributed by atoms with E-state index in [1.165, 1.54) is 4.40 Å². The van der Waals surface area contributed by atoms with Gasteiger partial charge in [-0.1, -0.05) is 54.5 Å². The minimum absolute atomic E-state index is 0.0309. The highest BCUT2D eigenvalue weighted by Crippen LogP contribution is 2.27. The fourth-order valence-corrected chi connectivity index (χ4v) is 5.58. The fourth-order valence-electron chi connectivity index (χ4n) is 5.58. The van der Waals surface area contributed by atoms with Crippen molar-refractivity contribution >= 4 is 5.65 Å². The van der Waals surface area contributed by atoms with Crippen molar-refractivity contribution in [2.24, 2.45) is 5.92 Å². The topological polar surface area (TPSA) is 143 Å². The minimum atomic E-state index is -0.360. The van der Waals surface area contributed by atoms with E-state index < -0.39 is 0 Å². The summed E-state index contributed by atoms with van der Waals surface area (Å²) in [6.45, 7) is 17.2. The SMILES string of the molecule is CC1CCc2nc(-c3ccc(C(C)(C)C)nc3)c(C#N)c(=O)n2C1.Cc1ccc2nc(-c3ccc(C(C)(C)C)nc3)c(C#N)c(=O)n2c1. The van der Waals surface area contributed by atoms with E-state index >= 15 is 0 Å². The third-order valence-electron chi connectivity index (χ3n) is 8.41. The molecule has 0 radical (unpaired) electrons.